The summed E-state index contributed by atoms with van der Waals surface area (Å²) in [7, 11) is 0. The summed E-state index contributed by atoms with van der Waals surface area (Å²) in [6, 6.07) is 3.06. The summed E-state index contributed by atoms with van der Waals surface area (Å²) in [5, 5.41) is 0. The fourth-order valence-electron chi connectivity index (χ4n) is 2.89. The molecule has 0 fully saturated rings. The number of nitrogens with zero attached hydrogens (tertiary/aromatic N) is 1. The largest absolute Gasteiger partial charge is 0.345 e. The first-order chi connectivity index (χ1) is 7.41. The number of hydrogen-bond acceptors (Lipinski definition) is 0. The lowest BCUT2D eigenvalue weighted by atomic mass is 9.91. The summed E-state index contributed by atoms with van der Waals surface area (Å²) in [5.41, 5.74) is 5.02. The minimum absolute atomic E-state index is 0.265. The third-order valence-corrected chi connectivity index (χ3v) is 3.63. The summed E-state index contributed by atoms with van der Waals surface area (Å²) >= 11 is 0. The Bertz CT molecular complexity index is 377. The van der Waals surface area contributed by atoms with Crippen LogP contribution >= 0.6 is 0 Å². The average molecular weight is 219 g/mol. The number of rotatable bonds is 1. The maximum absolute atomic E-state index is 2.59. The summed E-state index contributed by atoms with van der Waals surface area (Å²) in [4.78, 5) is 0. The summed E-state index contributed by atoms with van der Waals surface area (Å²) in [6.45, 7) is 11.6. The number of aryl methyl sites for hydroxylation is 1. The van der Waals surface area contributed by atoms with E-state index in [1.165, 1.54) is 31.4 Å². The molecule has 0 saturated carbocycles. The molecule has 0 N–H and O–H groups in total. The first-order valence-corrected chi connectivity index (χ1v) is 6.64. The normalized spacial score (nSPS) is 16.6. The Morgan fingerprint density at radius 3 is 2.31 bits per heavy atom. The third kappa shape index (κ3) is 1.92. The number of aromatic nitrogens is 1. The molecule has 0 atom stereocenters. The molecular formula is C15H25N. The molecule has 0 bridgehead atoms. The zero-order valence-electron chi connectivity index (χ0n) is 11.4. The van der Waals surface area contributed by atoms with Crippen molar-refractivity contribution in [1.82, 2.24) is 4.57 Å². The monoisotopic (exact) mass is 219 g/mol. The number of hydrogen-bond donors (Lipinski definition) is 0. The Morgan fingerprint density at radius 2 is 1.75 bits per heavy atom. The van der Waals surface area contributed by atoms with Gasteiger partial charge in [-0.3, -0.25) is 0 Å². The van der Waals surface area contributed by atoms with Crippen LogP contribution in [0.5, 0.6) is 0 Å². The Hall–Kier alpha value is -0.720. The van der Waals surface area contributed by atoms with Gasteiger partial charge in [0.05, 0.1) is 0 Å². The van der Waals surface area contributed by atoms with Crippen LogP contribution in [0.4, 0.5) is 0 Å². The fourth-order valence-corrected chi connectivity index (χ4v) is 2.89. The predicted molar refractivity (Wildman–Crippen MR) is 70.2 cm³/mol. The van der Waals surface area contributed by atoms with E-state index in [1.807, 2.05) is 0 Å². The van der Waals surface area contributed by atoms with Crippen LogP contribution in [0.25, 0.3) is 0 Å². The Balaban J connectivity index is 2.56. The molecule has 0 radical (unpaired) electrons. The highest BCUT2D eigenvalue weighted by Gasteiger charge is 2.25. The van der Waals surface area contributed by atoms with Gasteiger partial charge in [0.2, 0.25) is 0 Å². The average Bonchev–Trinajstić information content (AvgIpc) is 2.55. The van der Waals surface area contributed by atoms with Crippen LogP contribution in [0.2, 0.25) is 0 Å². The van der Waals surface area contributed by atoms with E-state index in [9.17, 15) is 0 Å². The van der Waals surface area contributed by atoms with Gasteiger partial charge < -0.3 is 4.57 Å². The summed E-state index contributed by atoms with van der Waals surface area (Å²) < 4.78 is 2.59. The van der Waals surface area contributed by atoms with Crippen LogP contribution < -0.4 is 0 Å². The Kier molecular flexibility index (Phi) is 2.90. The van der Waals surface area contributed by atoms with E-state index in [0.717, 1.165) is 0 Å². The highest BCUT2D eigenvalue weighted by Crippen LogP contribution is 2.34. The molecule has 2 rings (SSSR count). The van der Waals surface area contributed by atoms with Crippen molar-refractivity contribution < 1.29 is 0 Å². The van der Waals surface area contributed by atoms with Crippen molar-refractivity contribution in [1.29, 1.82) is 0 Å². The quantitative estimate of drug-likeness (QED) is 0.665. The van der Waals surface area contributed by atoms with Crippen molar-refractivity contribution in [3.05, 3.63) is 23.0 Å². The molecule has 16 heavy (non-hydrogen) atoms. The van der Waals surface area contributed by atoms with Crippen LogP contribution in [0, 0.1) is 0 Å². The highest BCUT2D eigenvalue weighted by molar-refractivity contribution is 5.34. The van der Waals surface area contributed by atoms with Crippen molar-refractivity contribution >= 4 is 0 Å². The van der Waals surface area contributed by atoms with Crippen LogP contribution in [0.15, 0.2) is 6.07 Å². The molecule has 0 spiro atoms. The minimum atomic E-state index is 0.265. The van der Waals surface area contributed by atoms with Gasteiger partial charge in [0.1, 0.15) is 0 Å². The standard InChI is InChI=1S/C15H25N/c1-11(2)16-13-9-7-6-8-12(13)10-14(16)15(3,4)5/h10-11H,6-9H2,1-5H3. The molecule has 1 aromatic heterocycles. The highest BCUT2D eigenvalue weighted by atomic mass is 15.0. The van der Waals surface area contributed by atoms with Gasteiger partial charge in [-0.1, -0.05) is 20.8 Å². The topological polar surface area (TPSA) is 4.93 Å². The van der Waals surface area contributed by atoms with Gasteiger partial charge in [-0.15, -0.1) is 0 Å². The van der Waals surface area contributed by atoms with Crippen LogP contribution in [-0.4, -0.2) is 4.57 Å². The van der Waals surface area contributed by atoms with Gasteiger partial charge in [0.25, 0.3) is 0 Å². The molecular weight excluding hydrogens is 194 g/mol. The lowest BCUT2D eigenvalue weighted by Crippen LogP contribution is -2.20. The number of fused-ring (bicyclic) bond motifs is 1. The van der Waals surface area contributed by atoms with Crippen molar-refractivity contribution in [2.45, 2.75) is 71.8 Å². The first-order valence-electron chi connectivity index (χ1n) is 6.64. The third-order valence-electron chi connectivity index (χ3n) is 3.63. The van der Waals surface area contributed by atoms with E-state index in [2.05, 4.69) is 45.3 Å². The smallest absolute Gasteiger partial charge is 0.0279 e. The Labute approximate surface area is 99.9 Å². The van der Waals surface area contributed by atoms with Gasteiger partial charge in [0, 0.05) is 22.8 Å². The zero-order valence-corrected chi connectivity index (χ0v) is 11.4. The van der Waals surface area contributed by atoms with Crippen LogP contribution in [0.3, 0.4) is 0 Å². The lowest BCUT2D eigenvalue weighted by molar-refractivity contribution is 0.467. The van der Waals surface area contributed by atoms with E-state index in [0.29, 0.717) is 6.04 Å². The zero-order chi connectivity index (χ0) is 11.9. The molecule has 1 nitrogen and oxygen atoms in total. The van der Waals surface area contributed by atoms with Gasteiger partial charge >= 0.3 is 0 Å². The lowest BCUT2D eigenvalue weighted by Gasteiger charge is -2.26. The molecule has 1 aliphatic rings. The molecule has 1 heteroatoms. The molecule has 0 aliphatic heterocycles. The van der Waals surface area contributed by atoms with E-state index >= 15 is 0 Å². The molecule has 1 aromatic rings. The maximum Gasteiger partial charge on any atom is 0.0279 e. The van der Waals surface area contributed by atoms with Crippen molar-refractivity contribution in [2.75, 3.05) is 0 Å². The van der Waals surface area contributed by atoms with E-state index in [-0.39, 0.29) is 5.41 Å². The second-order valence-electron chi connectivity index (χ2n) is 6.42. The second kappa shape index (κ2) is 3.94. The Morgan fingerprint density at radius 1 is 1.12 bits per heavy atom. The van der Waals surface area contributed by atoms with Crippen molar-refractivity contribution in [2.24, 2.45) is 0 Å². The molecule has 1 aliphatic carbocycles. The molecule has 0 aromatic carbocycles. The fraction of sp³-hybridized carbons (Fsp3) is 0.733. The summed E-state index contributed by atoms with van der Waals surface area (Å²) in [6.07, 6.45) is 5.31. The van der Waals surface area contributed by atoms with Gasteiger partial charge in [-0.2, -0.15) is 0 Å². The van der Waals surface area contributed by atoms with E-state index in [4.69, 9.17) is 0 Å². The predicted octanol–water partition coefficient (Wildman–Crippen LogP) is 4.25. The van der Waals surface area contributed by atoms with Crippen molar-refractivity contribution in [3.8, 4) is 0 Å². The summed E-state index contributed by atoms with van der Waals surface area (Å²) in [5.74, 6) is 0. The molecule has 0 unspecified atom stereocenters. The minimum Gasteiger partial charge on any atom is -0.345 e. The van der Waals surface area contributed by atoms with Gasteiger partial charge in [0.15, 0.2) is 0 Å². The molecule has 90 valence electrons. The second-order valence-corrected chi connectivity index (χ2v) is 6.42. The van der Waals surface area contributed by atoms with Crippen LogP contribution in [0.1, 0.15) is 70.5 Å². The van der Waals surface area contributed by atoms with Crippen LogP contribution in [-0.2, 0) is 18.3 Å². The SMILES string of the molecule is CC(C)n1c(C(C)(C)C)cc2c1CCCC2. The molecule has 0 amide bonds. The van der Waals surface area contributed by atoms with E-state index < -0.39 is 0 Å². The first kappa shape index (κ1) is 11.8. The molecule has 0 saturated heterocycles. The van der Waals surface area contributed by atoms with Crippen molar-refractivity contribution in [3.63, 3.8) is 0 Å². The maximum atomic E-state index is 2.59. The van der Waals surface area contributed by atoms with E-state index in [1.54, 1.807) is 11.3 Å². The van der Waals surface area contributed by atoms with Gasteiger partial charge in [-0.25, -0.2) is 0 Å². The molecule has 1 heterocycles. The van der Waals surface area contributed by atoms with Gasteiger partial charge in [-0.05, 0) is 51.2 Å².